The average molecular weight is 281 g/mol. The average Bonchev–Trinajstić information content (AvgIpc) is 2.45. The molecule has 108 valence electrons. The summed E-state index contributed by atoms with van der Waals surface area (Å²) in [4.78, 5) is 33.1. The lowest BCUT2D eigenvalue weighted by atomic mass is 10.2. The van der Waals surface area contributed by atoms with Crippen LogP contribution in [-0.4, -0.2) is 43.5 Å². The van der Waals surface area contributed by atoms with E-state index in [1.54, 1.807) is 0 Å². The highest BCUT2D eigenvalue weighted by molar-refractivity contribution is 5.96. The Kier molecular flexibility index (Phi) is 6.11. The van der Waals surface area contributed by atoms with Gasteiger partial charge >= 0.3 is 0 Å². The zero-order valence-corrected chi connectivity index (χ0v) is 10.9. The third kappa shape index (κ3) is 5.02. The lowest BCUT2D eigenvalue weighted by Gasteiger charge is -2.06. The van der Waals surface area contributed by atoms with E-state index in [1.165, 1.54) is 25.3 Å². The quantitative estimate of drug-likeness (QED) is 0.418. The topological polar surface area (TPSA) is 111 Å². The van der Waals surface area contributed by atoms with E-state index in [0.29, 0.717) is 13.2 Å². The fourth-order valence-corrected chi connectivity index (χ4v) is 1.38. The van der Waals surface area contributed by atoms with Gasteiger partial charge in [0.1, 0.15) is 0 Å². The number of ether oxygens (including phenoxy) is 1. The van der Waals surface area contributed by atoms with Gasteiger partial charge in [0.05, 0.1) is 18.1 Å². The summed E-state index contributed by atoms with van der Waals surface area (Å²) in [6.07, 6.45) is 0. The van der Waals surface area contributed by atoms with Crippen molar-refractivity contribution in [3.05, 3.63) is 39.9 Å². The second kappa shape index (κ2) is 7.85. The number of hydrogen-bond donors (Lipinski definition) is 2. The molecule has 0 fully saturated rings. The smallest absolute Gasteiger partial charge is 0.270 e. The van der Waals surface area contributed by atoms with Crippen LogP contribution in [0.5, 0.6) is 0 Å². The van der Waals surface area contributed by atoms with Crippen molar-refractivity contribution in [3.63, 3.8) is 0 Å². The fourth-order valence-electron chi connectivity index (χ4n) is 1.38. The number of hydrogen-bond acceptors (Lipinski definition) is 5. The summed E-state index contributed by atoms with van der Waals surface area (Å²) in [5, 5.41) is 15.5. The molecule has 0 heterocycles. The van der Waals surface area contributed by atoms with Crippen LogP contribution in [0.4, 0.5) is 5.69 Å². The van der Waals surface area contributed by atoms with Crippen LogP contribution in [0.3, 0.4) is 0 Å². The summed E-state index contributed by atoms with van der Waals surface area (Å²) < 4.78 is 4.76. The Balaban J connectivity index is 2.48. The van der Waals surface area contributed by atoms with Gasteiger partial charge in [-0.2, -0.15) is 0 Å². The van der Waals surface area contributed by atoms with Crippen LogP contribution >= 0.6 is 0 Å². The number of rotatable bonds is 7. The number of nitro groups is 1. The van der Waals surface area contributed by atoms with Gasteiger partial charge in [0.25, 0.3) is 11.6 Å². The summed E-state index contributed by atoms with van der Waals surface area (Å²) in [6.45, 7) is 0.526. The van der Waals surface area contributed by atoms with Crippen LogP contribution in [-0.2, 0) is 9.53 Å². The maximum absolute atomic E-state index is 11.7. The molecule has 2 amide bonds. The molecular formula is C12H15N3O5. The number of amides is 2. The minimum atomic E-state index is -0.589. The van der Waals surface area contributed by atoms with E-state index in [1.807, 2.05) is 0 Å². The van der Waals surface area contributed by atoms with Gasteiger partial charge in [0, 0.05) is 31.4 Å². The van der Waals surface area contributed by atoms with E-state index in [0.717, 1.165) is 6.07 Å². The van der Waals surface area contributed by atoms with Gasteiger partial charge < -0.3 is 15.4 Å². The fraction of sp³-hybridized carbons (Fsp3) is 0.333. The monoisotopic (exact) mass is 281 g/mol. The molecule has 0 atom stereocenters. The second-order valence-corrected chi connectivity index (χ2v) is 3.83. The van der Waals surface area contributed by atoms with E-state index >= 15 is 0 Å². The molecule has 0 saturated heterocycles. The van der Waals surface area contributed by atoms with Gasteiger partial charge in [-0.15, -0.1) is 0 Å². The maximum Gasteiger partial charge on any atom is 0.270 e. The summed E-state index contributed by atoms with van der Waals surface area (Å²) in [6, 6.07) is 5.28. The first-order valence-corrected chi connectivity index (χ1v) is 5.83. The number of methoxy groups -OCH3 is 1. The van der Waals surface area contributed by atoms with E-state index in [4.69, 9.17) is 4.74 Å². The van der Waals surface area contributed by atoms with Crippen LogP contribution in [0.2, 0.25) is 0 Å². The van der Waals surface area contributed by atoms with Crippen LogP contribution in [0.15, 0.2) is 24.3 Å². The van der Waals surface area contributed by atoms with E-state index < -0.39 is 10.8 Å². The van der Waals surface area contributed by atoms with Crippen molar-refractivity contribution in [1.82, 2.24) is 10.6 Å². The van der Waals surface area contributed by atoms with Crippen LogP contribution in [0, 0.1) is 10.1 Å². The molecule has 1 rings (SSSR count). The molecule has 0 bridgehead atoms. The Morgan fingerprint density at radius 3 is 2.75 bits per heavy atom. The molecule has 0 aliphatic carbocycles. The summed E-state index contributed by atoms with van der Waals surface area (Å²) in [5.74, 6) is -0.906. The number of nitrogens with one attached hydrogen (secondary N) is 2. The first-order valence-electron chi connectivity index (χ1n) is 5.83. The number of nitro benzene ring substituents is 1. The van der Waals surface area contributed by atoms with E-state index in [2.05, 4.69) is 10.6 Å². The van der Waals surface area contributed by atoms with Crippen molar-refractivity contribution < 1.29 is 19.2 Å². The molecule has 0 aliphatic rings. The van der Waals surface area contributed by atoms with Crippen LogP contribution in [0.1, 0.15) is 10.4 Å². The van der Waals surface area contributed by atoms with Gasteiger partial charge in [0.2, 0.25) is 5.91 Å². The number of nitrogens with zero attached hydrogens (tertiary/aromatic N) is 1. The Bertz CT molecular complexity index is 504. The molecule has 1 aromatic carbocycles. The van der Waals surface area contributed by atoms with Gasteiger partial charge in [-0.1, -0.05) is 6.07 Å². The highest BCUT2D eigenvalue weighted by Gasteiger charge is 2.12. The predicted molar refractivity (Wildman–Crippen MR) is 70.3 cm³/mol. The van der Waals surface area contributed by atoms with Crippen LogP contribution < -0.4 is 10.6 Å². The van der Waals surface area contributed by atoms with Gasteiger partial charge in [0.15, 0.2) is 0 Å². The summed E-state index contributed by atoms with van der Waals surface area (Å²) in [7, 11) is 1.51. The molecule has 8 nitrogen and oxygen atoms in total. The van der Waals surface area contributed by atoms with Crippen molar-refractivity contribution in [2.75, 3.05) is 26.8 Å². The van der Waals surface area contributed by atoms with E-state index in [-0.39, 0.29) is 23.7 Å². The van der Waals surface area contributed by atoms with Crippen molar-refractivity contribution >= 4 is 17.5 Å². The van der Waals surface area contributed by atoms with Crippen molar-refractivity contribution in [2.24, 2.45) is 0 Å². The minimum absolute atomic E-state index is 0.129. The molecule has 0 radical (unpaired) electrons. The number of carbonyl (C=O) groups is 2. The summed E-state index contributed by atoms with van der Waals surface area (Å²) in [5.41, 5.74) is -0.0499. The first-order chi connectivity index (χ1) is 9.54. The molecule has 0 aliphatic heterocycles. The predicted octanol–water partition coefficient (Wildman–Crippen LogP) is 0.0872. The molecule has 0 spiro atoms. The van der Waals surface area contributed by atoms with Crippen LogP contribution in [0.25, 0.3) is 0 Å². The number of non-ortho nitro benzene ring substituents is 1. The Hall–Kier alpha value is -2.48. The van der Waals surface area contributed by atoms with Gasteiger partial charge in [-0.3, -0.25) is 19.7 Å². The zero-order valence-electron chi connectivity index (χ0n) is 10.9. The third-order valence-corrected chi connectivity index (χ3v) is 2.36. The third-order valence-electron chi connectivity index (χ3n) is 2.36. The molecule has 20 heavy (non-hydrogen) atoms. The lowest BCUT2D eigenvalue weighted by Crippen LogP contribution is -2.38. The first kappa shape index (κ1) is 15.6. The number of carbonyl (C=O) groups excluding carboxylic acids is 2. The van der Waals surface area contributed by atoms with E-state index in [9.17, 15) is 19.7 Å². The maximum atomic E-state index is 11.7. The Morgan fingerprint density at radius 1 is 1.35 bits per heavy atom. The molecule has 0 saturated carbocycles. The SMILES string of the molecule is COCCNC(=O)CNC(=O)c1cccc([N+](=O)[O-])c1. The molecule has 0 unspecified atom stereocenters. The molecule has 8 heteroatoms. The second-order valence-electron chi connectivity index (χ2n) is 3.83. The van der Waals surface area contributed by atoms with Crippen molar-refractivity contribution in [1.29, 1.82) is 0 Å². The normalized spacial score (nSPS) is 9.85. The molecule has 0 aromatic heterocycles. The highest BCUT2D eigenvalue weighted by Crippen LogP contribution is 2.12. The van der Waals surface area contributed by atoms with Crippen molar-refractivity contribution in [3.8, 4) is 0 Å². The van der Waals surface area contributed by atoms with Crippen molar-refractivity contribution in [2.45, 2.75) is 0 Å². The molecule has 2 N–H and O–H groups in total. The Labute approximate surface area is 115 Å². The standard InChI is InChI=1S/C12H15N3O5/c1-20-6-5-13-11(16)8-14-12(17)9-3-2-4-10(7-9)15(18)19/h2-4,7H,5-6,8H2,1H3,(H,13,16)(H,14,17). The Morgan fingerprint density at radius 2 is 2.10 bits per heavy atom. The highest BCUT2D eigenvalue weighted by atomic mass is 16.6. The van der Waals surface area contributed by atoms with Gasteiger partial charge in [-0.25, -0.2) is 0 Å². The summed E-state index contributed by atoms with van der Waals surface area (Å²) >= 11 is 0. The molecular weight excluding hydrogens is 266 g/mol. The number of benzene rings is 1. The largest absolute Gasteiger partial charge is 0.383 e. The lowest BCUT2D eigenvalue weighted by molar-refractivity contribution is -0.384. The van der Waals surface area contributed by atoms with Gasteiger partial charge in [-0.05, 0) is 6.07 Å². The molecule has 1 aromatic rings. The zero-order chi connectivity index (χ0) is 15.0. The minimum Gasteiger partial charge on any atom is -0.383 e.